The average molecular weight is 292 g/mol. The fourth-order valence-corrected chi connectivity index (χ4v) is 2.64. The number of nitrogens with one attached hydrogen (secondary N) is 1. The van der Waals surface area contributed by atoms with Crippen molar-refractivity contribution < 1.29 is 4.79 Å². The number of hydrogen-bond donors (Lipinski definition) is 1. The Bertz CT molecular complexity index is 817. The van der Waals surface area contributed by atoms with E-state index in [9.17, 15) is 4.79 Å². The van der Waals surface area contributed by atoms with Gasteiger partial charge in [0.05, 0.1) is 0 Å². The second kappa shape index (κ2) is 6.06. The summed E-state index contributed by atoms with van der Waals surface area (Å²) in [6, 6.07) is 16.4. The summed E-state index contributed by atoms with van der Waals surface area (Å²) in [5, 5.41) is 4.22. The smallest absolute Gasteiger partial charge is 0.226 e. The maximum absolute atomic E-state index is 12.2. The molecular formula is C19H20N2O. The highest BCUT2D eigenvalue weighted by Crippen LogP contribution is 2.18. The molecule has 3 heteroatoms. The largest absolute Gasteiger partial charge is 0.347 e. The maximum atomic E-state index is 12.2. The molecule has 0 spiro atoms. The van der Waals surface area contributed by atoms with Crippen LogP contribution in [0.4, 0.5) is 5.69 Å². The average Bonchev–Trinajstić information content (AvgIpc) is 2.92. The molecule has 1 amide bonds. The van der Waals surface area contributed by atoms with Gasteiger partial charge in [-0.25, -0.2) is 0 Å². The number of para-hydroxylation sites is 1. The lowest BCUT2D eigenvalue weighted by molar-refractivity contribution is -0.116. The van der Waals surface area contributed by atoms with Crippen molar-refractivity contribution in [2.45, 2.75) is 26.8 Å². The number of aryl methyl sites for hydroxylation is 3. The minimum Gasteiger partial charge on any atom is -0.347 e. The molecule has 0 atom stereocenters. The minimum absolute atomic E-state index is 0.0477. The molecule has 0 saturated carbocycles. The number of hydrogen-bond acceptors (Lipinski definition) is 1. The van der Waals surface area contributed by atoms with Crippen LogP contribution in [0.25, 0.3) is 10.9 Å². The Hall–Kier alpha value is -2.55. The number of carbonyl (C=O) groups is 1. The second-order valence-corrected chi connectivity index (χ2v) is 5.68. The van der Waals surface area contributed by atoms with Crippen LogP contribution in [0.15, 0.2) is 54.7 Å². The predicted molar refractivity (Wildman–Crippen MR) is 91.1 cm³/mol. The number of amides is 1. The zero-order valence-electron chi connectivity index (χ0n) is 13.0. The van der Waals surface area contributed by atoms with Crippen molar-refractivity contribution in [3.8, 4) is 0 Å². The van der Waals surface area contributed by atoms with Crippen molar-refractivity contribution in [3.63, 3.8) is 0 Å². The Labute approximate surface area is 130 Å². The molecule has 0 bridgehead atoms. The van der Waals surface area contributed by atoms with E-state index in [1.165, 1.54) is 10.9 Å². The minimum atomic E-state index is 0.0477. The summed E-state index contributed by atoms with van der Waals surface area (Å²) < 4.78 is 2.12. The van der Waals surface area contributed by atoms with Gasteiger partial charge in [0.25, 0.3) is 0 Å². The molecule has 1 aromatic heterocycles. The van der Waals surface area contributed by atoms with Crippen LogP contribution in [-0.4, -0.2) is 10.5 Å². The van der Waals surface area contributed by atoms with Gasteiger partial charge in [-0.2, -0.15) is 0 Å². The quantitative estimate of drug-likeness (QED) is 0.765. The molecule has 112 valence electrons. The van der Waals surface area contributed by atoms with E-state index in [1.807, 2.05) is 44.3 Å². The van der Waals surface area contributed by atoms with Gasteiger partial charge in [-0.05, 0) is 48.6 Å². The second-order valence-electron chi connectivity index (χ2n) is 5.68. The van der Waals surface area contributed by atoms with Crippen molar-refractivity contribution in [3.05, 3.63) is 65.9 Å². The standard InChI is InChI=1S/C19H20N2O/c1-14-7-8-15(2)17(13-14)20-19(22)10-12-21-11-9-16-5-3-4-6-18(16)21/h3-9,11,13H,10,12H2,1-2H3,(H,20,22). The number of fused-ring (bicyclic) bond motifs is 1. The van der Waals surface area contributed by atoms with Gasteiger partial charge in [0.1, 0.15) is 0 Å². The topological polar surface area (TPSA) is 34.0 Å². The lowest BCUT2D eigenvalue weighted by Gasteiger charge is -2.10. The summed E-state index contributed by atoms with van der Waals surface area (Å²) in [5.41, 5.74) is 4.31. The number of benzene rings is 2. The highest BCUT2D eigenvalue weighted by atomic mass is 16.1. The van der Waals surface area contributed by atoms with Crippen molar-refractivity contribution in [2.75, 3.05) is 5.32 Å². The zero-order chi connectivity index (χ0) is 15.5. The molecule has 1 N–H and O–H groups in total. The molecule has 0 aliphatic rings. The van der Waals surface area contributed by atoms with Crippen LogP contribution in [-0.2, 0) is 11.3 Å². The normalized spacial score (nSPS) is 10.8. The van der Waals surface area contributed by atoms with Crippen LogP contribution in [0.2, 0.25) is 0 Å². The third-order valence-corrected chi connectivity index (χ3v) is 3.93. The fourth-order valence-electron chi connectivity index (χ4n) is 2.64. The Balaban J connectivity index is 1.66. The Morgan fingerprint density at radius 1 is 1.09 bits per heavy atom. The Morgan fingerprint density at radius 3 is 2.77 bits per heavy atom. The zero-order valence-corrected chi connectivity index (χ0v) is 13.0. The molecule has 22 heavy (non-hydrogen) atoms. The molecule has 1 heterocycles. The highest BCUT2D eigenvalue weighted by molar-refractivity contribution is 5.91. The SMILES string of the molecule is Cc1ccc(C)c(NC(=O)CCn2ccc3ccccc32)c1. The Kier molecular flexibility index (Phi) is 3.96. The van der Waals surface area contributed by atoms with E-state index < -0.39 is 0 Å². The van der Waals surface area contributed by atoms with E-state index in [-0.39, 0.29) is 5.91 Å². The summed E-state index contributed by atoms with van der Waals surface area (Å²) in [4.78, 5) is 12.2. The van der Waals surface area contributed by atoms with Gasteiger partial charge >= 0.3 is 0 Å². The molecule has 0 saturated heterocycles. The van der Waals surface area contributed by atoms with Crippen LogP contribution in [0.5, 0.6) is 0 Å². The van der Waals surface area contributed by atoms with Gasteiger partial charge in [-0.3, -0.25) is 4.79 Å². The van der Waals surface area contributed by atoms with E-state index in [1.54, 1.807) is 0 Å². The van der Waals surface area contributed by atoms with E-state index in [2.05, 4.69) is 34.1 Å². The van der Waals surface area contributed by atoms with Crippen LogP contribution in [0.1, 0.15) is 17.5 Å². The third-order valence-electron chi connectivity index (χ3n) is 3.93. The number of anilines is 1. The van der Waals surface area contributed by atoms with Crippen molar-refractivity contribution in [1.29, 1.82) is 0 Å². The van der Waals surface area contributed by atoms with Crippen LogP contribution in [0, 0.1) is 13.8 Å². The van der Waals surface area contributed by atoms with E-state index in [4.69, 9.17) is 0 Å². The van der Waals surface area contributed by atoms with E-state index >= 15 is 0 Å². The van der Waals surface area contributed by atoms with Crippen LogP contribution < -0.4 is 5.32 Å². The lowest BCUT2D eigenvalue weighted by Crippen LogP contribution is -2.15. The summed E-state index contributed by atoms with van der Waals surface area (Å²) in [5.74, 6) is 0.0477. The van der Waals surface area contributed by atoms with Crippen molar-refractivity contribution in [2.24, 2.45) is 0 Å². The summed E-state index contributed by atoms with van der Waals surface area (Å²) in [6.07, 6.45) is 2.50. The van der Waals surface area contributed by atoms with Crippen molar-refractivity contribution in [1.82, 2.24) is 4.57 Å². The molecule has 0 unspecified atom stereocenters. The monoisotopic (exact) mass is 292 g/mol. The molecular weight excluding hydrogens is 272 g/mol. The van der Waals surface area contributed by atoms with Crippen LogP contribution in [0.3, 0.4) is 0 Å². The molecule has 0 aliphatic heterocycles. The number of aromatic nitrogens is 1. The lowest BCUT2D eigenvalue weighted by atomic mass is 10.1. The van der Waals surface area contributed by atoms with E-state index in [0.717, 1.165) is 16.8 Å². The van der Waals surface area contributed by atoms with Crippen molar-refractivity contribution >= 4 is 22.5 Å². The molecule has 3 rings (SSSR count). The predicted octanol–water partition coefficient (Wildman–Crippen LogP) is 4.29. The molecule has 3 aromatic rings. The first-order valence-corrected chi connectivity index (χ1v) is 7.54. The number of carbonyl (C=O) groups excluding carboxylic acids is 1. The Morgan fingerprint density at radius 2 is 1.91 bits per heavy atom. The first-order chi connectivity index (χ1) is 10.6. The van der Waals surface area contributed by atoms with Gasteiger partial charge in [-0.15, -0.1) is 0 Å². The summed E-state index contributed by atoms with van der Waals surface area (Å²) in [6.45, 7) is 4.72. The first kappa shape index (κ1) is 14.4. The highest BCUT2D eigenvalue weighted by Gasteiger charge is 2.07. The summed E-state index contributed by atoms with van der Waals surface area (Å²) in [7, 11) is 0. The van der Waals surface area contributed by atoms with Gasteiger partial charge in [0, 0.05) is 30.4 Å². The first-order valence-electron chi connectivity index (χ1n) is 7.54. The van der Waals surface area contributed by atoms with Crippen LogP contribution >= 0.6 is 0 Å². The van der Waals surface area contributed by atoms with E-state index in [0.29, 0.717) is 13.0 Å². The number of nitrogens with zero attached hydrogens (tertiary/aromatic N) is 1. The number of rotatable bonds is 4. The van der Waals surface area contributed by atoms with Gasteiger partial charge < -0.3 is 9.88 Å². The summed E-state index contributed by atoms with van der Waals surface area (Å²) >= 11 is 0. The van der Waals surface area contributed by atoms with Gasteiger partial charge in [-0.1, -0.05) is 30.3 Å². The molecule has 0 radical (unpaired) electrons. The van der Waals surface area contributed by atoms with Gasteiger partial charge in [0.2, 0.25) is 5.91 Å². The molecule has 2 aromatic carbocycles. The third kappa shape index (κ3) is 3.03. The van der Waals surface area contributed by atoms with Gasteiger partial charge in [0.15, 0.2) is 0 Å². The molecule has 0 aliphatic carbocycles. The maximum Gasteiger partial charge on any atom is 0.226 e. The molecule has 3 nitrogen and oxygen atoms in total. The fraction of sp³-hybridized carbons (Fsp3) is 0.211. The molecule has 0 fully saturated rings.